The third kappa shape index (κ3) is 15.1. The molecule has 266 valence electrons. The minimum Gasteiger partial charge on any atom is -0.481 e. The molecule has 7 N–H and O–H groups in total. The van der Waals surface area contributed by atoms with Crippen molar-refractivity contribution >= 4 is 30.4 Å². The van der Waals surface area contributed by atoms with E-state index in [0.717, 1.165) is 89.7 Å². The monoisotopic (exact) mass is 651 g/mol. The van der Waals surface area contributed by atoms with E-state index in [2.05, 4.69) is 5.32 Å². The molecule has 0 radical (unpaired) electrons. The van der Waals surface area contributed by atoms with Crippen LogP contribution in [-0.2, 0) is 28.7 Å². The highest BCUT2D eigenvalue weighted by atomic mass is 16.5. The van der Waals surface area contributed by atoms with Gasteiger partial charge in [-0.2, -0.15) is 0 Å². The first-order chi connectivity index (χ1) is 21.6. The molecule has 10 nitrogen and oxygen atoms in total. The Morgan fingerprint density at radius 2 is 1.37 bits per heavy atom. The van der Waals surface area contributed by atoms with Crippen LogP contribution in [0.15, 0.2) is 0 Å². The number of nitrogens with two attached hydrogens (primary N) is 1. The average molecular weight is 652 g/mol. The lowest BCUT2D eigenvalue weighted by molar-refractivity contribution is -0.148. The van der Waals surface area contributed by atoms with Gasteiger partial charge in [-0.1, -0.05) is 77.0 Å². The van der Waals surface area contributed by atoms with Crippen LogP contribution in [0.4, 0.5) is 0 Å². The van der Waals surface area contributed by atoms with Crippen LogP contribution in [0.25, 0.3) is 0 Å². The van der Waals surface area contributed by atoms with E-state index in [1.54, 1.807) is 6.92 Å². The topological polar surface area (TPSA) is 188 Å². The number of aldehydes is 2. The summed E-state index contributed by atoms with van der Waals surface area (Å²) < 4.78 is 4.87. The summed E-state index contributed by atoms with van der Waals surface area (Å²) in [7, 11) is 0. The maximum Gasteiger partial charge on any atom is 0.306 e. The molecule has 5 rings (SSSR count). The van der Waals surface area contributed by atoms with Gasteiger partial charge in [-0.15, -0.1) is 0 Å². The van der Waals surface area contributed by atoms with Gasteiger partial charge in [-0.3, -0.25) is 14.4 Å². The fraction of sp³-hybridized carbons (Fsp3) is 0.861. The zero-order valence-corrected chi connectivity index (χ0v) is 28.8. The van der Waals surface area contributed by atoms with Crippen molar-refractivity contribution in [2.45, 2.75) is 155 Å². The lowest BCUT2D eigenvalue weighted by Crippen LogP contribution is -2.34. The number of esters is 1. The van der Waals surface area contributed by atoms with Gasteiger partial charge in [0.25, 0.3) is 0 Å². The largest absolute Gasteiger partial charge is 0.481 e. The molecule has 0 atom stereocenters. The Kier molecular flexibility index (Phi) is 20.2. The second-order valence-corrected chi connectivity index (χ2v) is 14.4. The number of hydrogen-bond acceptors (Lipinski definition) is 8. The second-order valence-electron chi connectivity index (χ2n) is 14.4. The van der Waals surface area contributed by atoms with Crippen molar-refractivity contribution in [3.05, 3.63) is 0 Å². The summed E-state index contributed by atoms with van der Waals surface area (Å²) in [5, 5.41) is 11.6. The van der Waals surface area contributed by atoms with Crippen molar-refractivity contribution in [1.29, 1.82) is 0 Å². The fourth-order valence-corrected chi connectivity index (χ4v) is 7.84. The van der Waals surface area contributed by atoms with Gasteiger partial charge in [0.2, 0.25) is 5.91 Å². The van der Waals surface area contributed by atoms with Gasteiger partial charge in [-0.25, -0.2) is 0 Å². The summed E-state index contributed by atoms with van der Waals surface area (Å²) in [6.07, 6.45) is 26.6. The third-order valence-electron chi connectivity index (χ3n) is 10.7. The third-order valence-corrected chi connectivity index (χ3v) is 10.7. The van der Waals surface area contributed by atoms with E-state index in [9.17, 15) is 24.0 Å². The molecule has 0 aromatic heterocycles. The van der Waals surface area contributed by atoms with Crippen molar-refractivity contribution in [2.24, 2.45) is 27.9 Å². The van der Waals surface area contributed by atoms with Gasteiger partial charge >= 0.3 is 11.9 Å². The van der Waals surface area contributed by atoms with Gasteiger partial charge in [0.1, 0.15) is 12.6 Å². The number of carboxylic acid groups (broad SMARTS) is 1. The Morgan fingerprint density at radius 3 is 1.78 bits per heavy atom. The first-order valence-corrected chi connectivity index (χ1v) is 17.9. The number of aliphatic carboxylic acids is 1. The summed E-state index contributed by atoms with van der Waals surface area (Å²) in [6, 6.07) is 0. The summed E-state index contributed by atoms with van der Waals surface area (Å²) in [5.74, 6) is -0.264. The zero-order chi connectivity index (χ0) is 33.0. The molecule has 5 aliphatic rings. The molecular weight excluding hydrogens is 586 g/mol. The number of carbonyl (C=O) groups is 5. The van der Waals surface area contributed by atoms with Crippen molar-refractivity contribution in [1.82, 2.24) is 11.5 Å². The minimum absolute atomic E-state index is 0. The number of ether oxygens (including phenoxy) is 1. The van der Waals surface area contributed by atoms with Crippen LogP contribution >= 0.6 is 0 Å². The highest BCUT2D eigenvalue weighted by molar-refractivity contribution is 5.79. The highest BCUT2D eigenvalue weighted by Crippen LogP contribution is 2.41. The highest BCUT2D eigenvalue weighted by Gasteiger charge is 2.39. The molecule has 0 aromatic rings. The molecule has 46 heavy (non-hydrogen) atoms. The van der Waals surface area contributed by atoms with E-state index in [0.29, 0.717) is 24.5 Å². The maximum absolute atomic E-state index is 11.3. The molecule has 0 aromatic carbocycles. The maximum atomic E-state index is 11.3. The summed E-state index contributed by atoms with van der Waals surface area (Å²) >= 11 is 0. The van der Waals surface area contributed by atoms with Crippen LogP contribution < -0.4 is 17.2 Å². The molecule has 0 bridgehead atoms. The number of amides is 1. The molecular formula is C36H65N3O7. The molecule has 1 spiro atoms. The van der Waals surface area contributed by atoms with E-state index in [4.69, 9.17) is 15.6 Å². The quantitative estimate of drug-likeness (QED) is 0.161. The van der Waals surface area contributed by atoms with E-state index >= 15 is 0 Å². The van der Waals surface area contributed by atoms with Crippen LogP contribution in [0.1, 0.15) is 155 Å². The standard InChI is InChI=1S/C11H18O3.C9H17NO2.C9H15NO.C7H12O.H3N/c1-2-14-10(13)8-11(9-12)6-4-3-5-7-11;10-7-9(6-8(11)12)4-2-1-3-5-9;11-8-6-9(7-10-8)4-2-1-3-5-9;8-6-7-4-2-1-3-5-7;/h9H,2-8H2,1H3;1-7,10H2,(H,11,12);1-7H2,(H,10,11);6-7H,1-5H2;1H3. The number of hydrogen-bond donors (Lipinski definition) is 4. The Labute approximate surface area is 277 Å². The van der Waals surface area contributed by atoms with Gasteiger partial charge < -0.3 is 36.6 Å². The Bertz CT molecular complexity index is 901. The van der Waals surface area contributed by atoms with E-state index in [1.807, 2.05) is 0 Å². The average Bonchev–Trinajstić information content (AvgIpc) is 3.42. The summed E-state index contributed by atoms with van der Waals surface area (Å²) in [5.41, 5.74) is 5.52. The molecule has 1 aliphatic heterocycles. The minimum atomic E-state index is -0.706. The molecule has 4 aliphatic carbocycles. The van der Waals surface area contributed by atoms with Crippen LogP contribution in [-0.4, -0.2) is 55.2 Å². The molecule has 1 amide bonds. The van der Waals surface area contributed by atoms with Crippen LogP contribution in [0.5, 0.6) is 0 Å². The Morgan fingerprint density at radius 1 is 0.848 bits per heavy atom. The van der Waals surface area contributed by atoms with E-state index in [-0.39, 0.29) is 36.3 Å². The number of rotatable bonds is 8. The molecule has 4 saturated carbocycles. The molecule has 1 heterocycles. The van der Waals surface area contributed by atoms with Crippen molar-refractivity contribution < 1.29 is 33.8 Å². The second kappa shape index (κ2) is 22.3. The lowest BCUT2D eigenvalue weighted by Gasteiger charge is -2.34. The van der Waals surface area contributed by atoms with Crippen molar-refractivity contribution in [2.75, 3.05) is 19.7 Å². The number of carboxylic acids is 1. The Balaban J connectivity index is 0.000000309. The van der Waals surface area contributed by atoms with E-state index < -0.39 is 11.4 Å². The number of carbonyl (C=O) groups excluding carboxylic acids is 4. The van der Waals surface area contributed by atoms with E-state index in [1.165, 1.54) is 64.2 Å². The fourth-order valence-electron chi connectivity index (χ4n) is 7.84. The van der Waals surface area contributed by atoms with Crippen LogP contribution in [0.2, 0.25) is 0 Å². The first kappa shape index (κ1) is 41.7. The van der Waals surface area contributed by atoms with Crippen molar-refractivity contribution in [3.63, 3.8) is 0 Å². The van der Waals surface area contributed by atoms with Crippen LogP contribution in [0, 0.1) is 22.2 Å². The smallest absolute Gasteiger partial charge is 0.306 e. The molecule has 1 saturated heterocycles. The molecule has 0 unspecified atom stereocenters. The molecule has 5 fully saturated rings. The van der Waals surface area contributed by atoms with Gasteiger partial charge in [-0.05, 0) is 75.7 Å². The van der Waals surface area contributed by atoms with Crippen LogP contribution in [0.3, 0.4) is 0 Å². The lowest BCUT2D eigenvalue weighted by atomic mass is 9.72. The first-order valence-electron chi connectivity index (χ1n) is 17.9. The zero-order valence-electron chi connectivity index (χ0n) is 28.8. The summed E-state index contributed by atoms with van der Waals surface area (Å²) in [6.45, 7) is 3.66. The SMILES string of the molecule is CCOC(=O)CC1(C=O)CCCCC1.N.NCC1(CC(=O)O)CCCCC1.O=C1CC2(CCCCC2)CN1.O=CC1CCCCC1. The predicted octanol–water partition coefficient (Wildman–Crippen LogP) is 6.84. The van der Waals surface area contributed by atoms with Crippen molar-refractivity contribution in [3.8, 4) is 0 Å². The van der Waals surface area contributed by atoms with Gasteiger partial charge in [0, 0.05) is 24.3 Å². The van der Waals surface area contributed by atoms with Gasteiger partial charge in [0.15, 0.2) is 0 Å². The predicted molar refractivity (Wildman–Crippen MR) is 180 cm³/mol. The molecule has 10 heteroatoms. The Hall–Kier alpha value is -2.33. The van der Waals surface area contributed by atoms with Gasteiger partial charge in [0.05, 0.1) is 19.4 Å². The summed E-state index contributed by atoms with van der Waals surface area (Å²) in [4.78, 5) is 54.0. The normalized spacial score (nSPS) is 22.8. The number of nitrogens with one attached hydrogen (secondary N) is 1.